The fourth-order valence-corrected chi connectivity index (χ4v) is 3.79. The molecule has 0 fully saturated rings. The molecule has 1 heterocycles. The summed E-state index contributed by atoms with van der Waals surface area (Å²) in [5, 5.41) is 13.2. The van der Waals surface area contributed by atoms with Gasteiger partial charge in [-0.25, -0.2) is 14.6 Å². The van der Waals surface area contributed by atoms with Crippen molar-refractivity contribution in [2.24, 2.45) is 0 Å². The average Bonchev–Trinajstić information content (AvgIpc) is 2.74. The van der Waals surface area contributed by atoms with E-state index >= 15 is 0 Å². The summed E-state index contributed by atoms with van der Waals surface area (Å²) >= 11 is 12.4. The summed E-state index contributed by atoms with van der Waals surface area (Å²) in [7, 11) is 0. The molecular weight excluding hydrogens is 437 g/mol. The number of hydrogen-bond acceptors (Lipinski definition) is 3. The molecule has 0 aliphatic rings. The Balaban J connectivity index is 1.83. The van der Waals surface area contributed by atoms with E-state index < -0.39 is 12.0 Å². The van der Waals surface area contributed by atoms with Gasteiger partial charge >= 0.3 is 12.0 Å². The van der Waals surface area contributed by atoms with Crippen LogP contribution in [-0.2, 0) is 0 Å². The quantitative estimate of drug-likeness (QED) is 0.365. The number of para-hydroxylation sites is 2. The Morgan fingerprint density at radius 2 is 1.45 bits per heavy atom. The van der Waals surface area contributed by atoms with Gasteiger partial charge in [0.2, 0.25) is 0 Å². The molecule has 0 aliphatic carbocycles. The Morgan fingerprint density at radius 1 is 0.871 bits per heavy atom. The maximum absolute atomic E-state index is 13.4. The van der Waals surface area contributed by atoms with E-state index in [9.17, 15) is 14.7 Å². The third kappa shape index (κ3) is 4.30. The van der Waals surface area contributed by atoms with Crippen LogP contribution in [0.25, 0.3) is 10.9 Å². The van der Waals surface area contributed by atoms with Gasteiger partial charge < -0.3 is 10.4 Å². The first-order valence-electron chi connectivity index (χ1n) is 9.18. The molecule has 0 spiro atoms. The number of urea groups is 1. The highest BCUT2D eigenvalue weighted by Crippen LogP contribution is 2.34. The highest BCUT2D eigenvalue weighted by atomic mass is 35.5. The van der Waals surface area contributed by atoms with Gasteiger partial charge in [0.15, 0.2) is 5.69 Å². The van der Waals surface area contributed by atoms with E-state index in [-0.39, 0.29) is 21.9 Å². The van der Waals surface area contributed by atoms with E-state index in [2.05, 4.69) is 10.3 Å². The van der Waals surface area contributed by atoms with E-state index in [4.69, 9.17) is 23.2 Å². The Kier molecular flexibility index (Phi) is 5.75. The molecule has 31 heavy (non-hydrogen) atoms. The fourth-order valence-electron chi connectivity index (χ4n) is 3.20. The van der Waals surface area contributed by atoms with Crippen LogP contribution in [0.15, 0.2) is 78.9 Å². The number of hydrogen-bond donors (Lipinski definition) is 2. The minimum absolute atomic E-state index is 0.214. The minimum atomic E-state index is -1.24. The number of rotatable bonds is 4. The highest BCUT2D eigenvalue weighted by Gasteiger charge is 2.21. The molecule has 4 rings (SSSR count). The molecule has 6 nitrogen and oxygen atoms in total. The van der Waals surface area contributed by atoms with Crippen LogP contribution in [0.1, 0.15) is 10.5 Å². The van der Waals surface area contributed by atoms with Crippen LogP contribution in [0.5, 0.6) is 0 Å². The van der Waals surface area contributed by atoms with Crippen LogP contribution in [-0.4, -0.2) is 22.1 Å². The van der Waals surface area contributed by atoms with Gasteiger partial charge in [0.05, 0.1) is 27.6 Å². The van der Waals surface area contributed by atoms with Gasteiger partial charge in [-0.2, -0.15) is 0 Å². The molecule has 0 bridgehead atoms. The smallest absolute Gasteiger partial charge is 0.354 e. The summed E-state index contributed by atoms with van der Waals surface area (Å²) < 4.78 is 0. The Bertz CT molecular complexity index is 1240. The second-order valence-corrected chi connectivity index (χ2v) is 7.42. The van der Waals surface area contributed by atoms with Crippen LogP contribution >= 0.6 is 23.2 Å². The van der Waals surface area contributed by atoms with Crippen LogP contribution in [0.4, 0.5) is 21.9 Å². The predicted molar refractivity (Wildman–Crippen MR) is 123 cm³/mol. The number of carbonyl (C=O) groups excluding carboxylic acids is 1. The number of amides is 2. The topological polar surface area (TPSA) is 82.5 Å². The maximum atomic E-state index is 13.4. The molecule has 8 heteroatoms. The van der Waals surface area contributed by atoms with Crippen molar-refractivity contribution in [1.29, 1.82) is 0 Å². The van der Waals surface area contributed by atoms with Gasteiger partial charge in [-0.3, -0.25) is 4.90 Å². The van der Waals surface area contributed by atoms with Crippen molar-refractivity contribution >= 4 is 63.2 Å². The van der Waals surface area contributed by atoms with Crippen LogP contribution < -0.4 is 10.2 Å². The molecular formula is C23H15Cl2N3O3. The lowest BCUT2D eigenvalue weighted by molar-refractivity contribution is 0.0691. The molecule has 2 amide bonds. The molecule has 0 saturated heterocycles. The second-order valence-electron chi connectivity index (χ2n) is 6.58. The van der Waals surface area contributed by atoms with Crippen molar-refractivity contribution in [3.8, 4) is 0 Å². The predicted octanol–water partition coefficient (Wildman–Crippen LogP) is 6.61. The number of nitrogens with one attached hydrogen (secondary N) is 1. The molecule has 0 atom stereocenters. The number of carboxylic acids is 1. The van der Waals surface area contributed by atoms with E-state index in [1.54, 1.807) is 24.3 Å². The average molecular weight is 452 g/mol. The zero-order valence-electron chi connectivity index (χ0n) is 15.9. The number of benzene rings is 3. The number of aromatic carboxylic acids is 1. The van der Waals surface area contributed by atoms with Gasteiger partial charge in [0, 0.05) is 10.4 Å². The van der Waals surface area contributed by atoms with Crippen molar-refractivity contribution in [2.75, 3.05) is 10.2 Å². The van der Waals surface area contributed by atoms with Gasteiger partial charge in [-0.15, -0.1) is 0 Å². The van der Waals surface area contributed by atoms with Gasteiger partial charge in [-0.05, 0) is 42.5 Å². The molecule has 0 radical (unpaired) electrons. The van der Waals surface area contributed by atoms with E-state index in [1.807, 2.05) is 36.4 Å². The summed E-state index contributed by atoms with van der Waals surface area (Å²) in [6.07, 6.45) is 0. The first-order chi connectivity index (χ1) is 14.9. The van der Waals surface area contributed by atoms with Crippen molar-refractivity contribution in [3.05, 3.63) is 94.6 Å². The van der Waals surface area contributed by atoms with E-state index in [1.165, 1.54) is 23.1 Å². The molecule has 2 N–H and O–H groups in total. The molecule has 3 aromatic carbocycles. The fraction of sp³-hybridized carbons (Fsp3) is 0. The summed E-state index contributed by atoms with van der Waals surface area (Å²) in [6.45, 7) is 0. The number of halogens is 2. The highest BCUT2D eigenvalue weighted by molar-refractivity contribution is 6.39. The summed E-state index contributed by atoms with van der Waals surface area (Å²) in [6, 6.07) is 22.0. The maximum Gasteiger partial charge on any atom is 0.354 e. The number of carboxylic acid groups (broad SMARTS) is 1. The zero-order chi connectivity index (χ0) is 22.0. The SMILES string of the molecule is O=C(O)c1cc(NC(=O)N(c2ccccc2)c2ccccc2)c2c(Cl)cc(Cl)cc2n1. The zero-order valence-corrected chi connectivity index (χ0v) is 17.4. The lowest BCUT2D eigenvalue weighted by Gasteiger charge is -2.24. The van der Waals surface area contributed by atoms with E-state index in [0.717, 1.165) is 0 Å². The Morgan fingerprint density at radius 3 is 2.00 bits per heavy atom. The Labute approximate surface area is 187 Å². The number of anilines is 3. The first-order valence-corrected chi connectivity index (χ1v) is 9.94. The van der Waals surface area contributed by atoms with Crippen molar-refractivity contribution in [1.82, 2.24) is 4.98 Å². The first kappa shape index (κ1) is 20.7. The lowest BCUT2D eigenvalue weighted by Crippen LogP contribution is -2.31. The second kappa shape index (κ2) is 8.63. The standard InChI is InChI=1S/C23H15Cl2N3O3/c24-14-11-17(25)21-18(12-14)26-20(22(29)30)13-19(21)27-23(31)28(15-7-3-1-4-8-15)16-9-5-2-6-10-16/h1-13H,(H,29,30)(H,26,27,31). The number of fused-ring (bicyclic) bond motifs is 1. The molecule has 1 aromatic heterocycles. The van der Waals surface area contributed by atoms with Crippen molar-refractivity contribution < 1.29 is 14.7 Å². The van der Waals surface area contributed by atoms with E-state index in [0.29, 0.717) is 21.8 Å². The van der Waals surface area contributed by atoms with Crippen LogP contribution in [0, 0.1) is 0 Å². The number of pyridine rings is 1. The van der Waals surface area contributed by atoms with Crippen molar-refractivity contribution in [2.45, 2.75) is 0 Å². The van der Waals surface area contributed by atoms with Gasteiger partial charge in [0.1, 0.15) is 0 Å². The number of carbonyl (C=O) groups is 2. The van der Waals surface area contributed by atoms with Gasteiger partial charge in [0.25, 0.3) is 0 Å². The summed E-state index contributed by atoms with van der Waals surface area (Å²) in [5.74, 6) is -1.24. The van der Waals surface area contributed by atoms with Gasteiger partial charge in [-0.1, -0.05) is 59.6 Å². The molecule has 0 unspecified atom stereocenters. The van der Waals surface area contributed by atoms with Crippen LogP contribution in [0.3, 0.4) is 0 Å². The largest absolute Gasteiger partial charge is 0.477 e. The molecule has 0 saturated carbocycles. The number of nitrogens with zero attached hydrogens (tertiary/aromatic N) is 2. The third-order valence-electron chi connectivity index (χ3n) is 4.52. The summed E-state index contributed by atoms with van der Waals surface area (Å²) in [4.78, 5) is 30.5. The monoisotopic (exact) mass is 451 g/mol. The minimum Gasteiger partial charge on any atom is -0.477 e. The molecule has 154 valence electrons. The Hall–Kier alpha value is -3.61. The summed E-state index contributed by atoms with van der Waals surface area (Å²) in [5.41, 5.74) is 1.51. The normalized spacial score (nSPS) is 10.6. The lowest BCUT2D eigenvalue weighted by atomic mass is 10.1. The third-order valence-corrected chi connectivity index (χ3v) is 5.03. The number of aromatic nitrogens is 1. The molecule has 4 aromatic rings. The molecule has 0 aliphatic heterocycles. The van der Waals surface area contributed by atoms with Crippen molar-refractivity contribution in [3.63, 3.8) is 0 Å². The van der Waals surface area contributed by atoms with Crippen LogP contribution in [0.2, 0.25) is 10.0 Å².